The summed E-state index contributed by atoms with van der Waals surface area (Å²) in [6, 6.07) is 21.7. The first-order valence-corrected chi connectivity index (χ1v) is 15.3. The minimum absolute atomic E-state index is 0.225. The molecule has 2 aromatic carbocycles. The number of benzene rings is 2. The van der Waals surface area contributed by atoms with E-state index in [1.165, 1.54) is 0 Å². The Labute approximate surface area is 233 Å². The normalized spacial score (nSPS) is 16.1. The standard InChI is InChI=1S/C31H39N5O2S/c1-3-5-17-35(18-6-4-2)39(37,38)36-24-29-19-27(21-32)14-15-31(29)34(23-28-13-10-16-33-22-28)25-30(36)20-26-11-8-7-9-12-26/h7-16,19,22,30H,3-6,17-18,20,23-25H2,1-2H3. The van der Waals surface area contributed by atoms with Gasteiger partial charge in [0.1, 0.15) is 0 Å². The van der Waals surface area contributed by atoms with Crippen LogP contribution in [-0.4, -0.2) is 47.7 Å². The maximum atomic E-state index is 14.4. The third-order valence-corrected chi connectivity index (χ3v) is 9.31. The highest BCUT2D eigenvalue weighted by Crippen LogP contribution is 2.33. The molecular formula is C31H39N5O2S. The van der Waals surface area contributed by atoms with Gasteiger partial charge in [0.15, 0.2) is 0 Å². The van der Waals surface area contributed by atoms with Gasteiger partial charge >= 0.3 is 0 Å². The molecule has 0 bridgehead atoms. The summed E-state index contributed by atoms with van der Waals surface area (Å²) >= 11 is 0. The zero-order valence-electron chi connectivity index (χ0n) is 23.0. The van der Waals surface area contributed by atoms with Crippen LogP contribution in [0.2, 0.25) is 0 Å². The molecule has 206 valence electrons. The molecule has 3 aromatic rings. The van der Waals surface area contributed by atoms with Crippen LogP contribution in [0.4, 0.5) is 5.69 Å². The Kier molecular flexibility index (Phi) is 10.1. The second kappa shape index (κ2) is 13.7. The fourth-order valence-electron chi connectivity index (χ4n) is 5.18. The van der Waals surface area contributed by atoms with E-state index in [-0.39, 0.29) is 12.6 Å². The van der Waals surface area contributed by atoms with Crippen molar-refractivity contribution in [2.24, 2.45) is 0 Å². The molecule has 2 heterocycles. The zero-order valence-corrected chi connectivity index (χ0v) is 23.9. The Bertz CT molecular complexity index is 1330. The molecule has 0 amide bonds. The number of rotatable bonds is 12. The maximum Gasteiger partial charge on any atom is 0.282 e. The first-order chi connectivity index (χ1) is 19.0. The molecule has 0 spiro atoms. The van der Waals surface area contributed by atoms with Crippen LogP contribution >= 0.6 is 0 Å². The van der Waals surface area contributed by atoms with Gasteiger partial charge in [0, 0.05) is 56.8 Å². The lowest BCUT2D eigenvalue weighted by atomic mass is 10.1. The second-order valence-corrected chi connectivity index (χ2v) is 12.1. The van der Waals surface area contributed by atoms with Crippen molar-refractivity contribution < 1.29 is 8.42 Å². The lowest BCUT2D eigenvalue weighted by Crippen LogP contribution is -2.51. The molecule has 0 saturated heterocycles. The number of hydrogen-bond acceptors (Lipinski definition) is 5. The van der Waals surface area contributed by atoms with Gasteiger partial charge in [0.2, 0.25) is 0 Å². The van der Waals surface area contributed by atoms with Crippen molar-refractivity contribution in [3.05, 3.63) is 95.3 Å². The summed E-state index contributed by atoms with van der Waals surface area (Å²) in [4.78, 5) is 6.54. The highest BCUT2D eigenvalue weighted by atomic mass is 32.2. The van der Waals surface area contributed by atoms with Gasteiger partial charge in [0.25, 0.3) is 10.2 Å². The van der Waals surface area contributed by atoms with E-state index in [9.17, 15) is 13.7 Å². The van der Waals surface area contributed by atoms with E-state index in [2.05, 4.69) is 41.9 Å². The minimum atomic E-state index is -3.78. The van der Waals surface area contributed by atoms with Gasteiger partial charge in [-0.2, -0.15) is 22.3 Å². The maximum absolute atomic E-state index is 14.4. The molecule has 1 unspecified atom stereocenters. The van der Waals surface area contributed by atoms with E-state index in [1.54, 1.807) is 14.8 Å². The summed E-state index contributed by atoms with van der Waals surface area (Å²) < 4.78 is 32.3. The van der Waals surface area contributed by atoms with Crippen LogP contribution in [0.15, 0.2) is 73.1 Å². The van der Waals surface area contributed by atoms with E-state index in [1.807, 2.05) is 54.7 Å². The van der Waals surface area contributed by atoms with Crippen LogP contribution in [-0.2, 0) is 29.7 Å². The van der Waals surface area contributed by atoms with E-state index < -0.39 is 10.2 Å². The first-order valence-electron chi connectivity index (χ1n) is 13.9. The number of aromatic nitrogens is 1. The third kappa shape index (κ3) is 7.24. The van der Waals surface area contributed by atoms with Gasteiger partial charge in [-0.25, -0.2) is 0 Å². The van der Waals surface area contributed by atoms with Gasteiger partial charge in [-0.1, -0.05) is 63.1 Å². The van der Waals surface area contributed by atoms with Crippen LogP contribution < -0.4 is 4.90 Å². The smallest absolute Gasteiger partial charge is 0.282 e. The summed E-state index contributed by atoms with van der Waals surface area (Å²) in [6.07, 6.45) is 7.71. The average molecular weight is 546 g/mol. The number of anilines is 1. The van der Waals surface area contributed by atoms with Crippen molar-refractivity contribution in [1.29, 1.82) is 5.26 Å². The molecule has 0 fully saturated rings. The quantitative estimate of drug-likeness (QED) is 0.299. The molecule has 0 radical (unpaired) electrons. The second-order valence-electron chi connectivity index (χ2n) is 10.2. The molecule has 1 aromatic heterocycles. The summed E-state index contributed by atoms with van der Waals surface area (Å²) in [7, 11) is -3.78. The molecular weight excluding hydrogens is 506 g/mol. The Morgan fingerprint density at radius 2 is 1.72 bits per heavy atom. The average Bonchev–Trinajstić information content (AvgIpc) is 3.10. The predicted molar refractivity (Wildman–Crippen MR) is 156 cm³/mol. The fraction of sp³-hybridized carbons (Fsp3) is 0.419. The van der Waals surface area contributed by atoms with Crippen LogP contribution in [0.5, 0.6) is 0 Å². The number of pyridine rings is 1. The Morgan fingerprint density at radius 1 is 1.00 bits per heavy atom. The molecule has 0 aliphatic carbocycles. The van der Waals surface area contributed by atoms with Crippen LogP contribution in [0.3, 0.4) is 0 Å². The van der Waals surface area contributed by atoms with Gasteiger partial charge in [0.05, 0.1) is 11.6 Å². The van der Waals surface area contributed by atoms with Gasteiger partial charge in [-0.3, -0.25) is 4.98 Å². The minimum Gasteiger partial charge on any atom is -0.365 e. The lowest BCUT2D eigenvalue weighted by molar-refractivity contribution is 0.276. The molecule has 1 aliphatic rings. The Morgan fingerprint density at radius 3 is 2.36 bits per heavy atom. The Balaban J connectivity index is 1.80. The van der Waals surface area contributed by atoms with Crippen molar-refractivity contribution in [2.75, 3.05) is 24.5 Å². The molecule has 39 heavy (non-hydrogen) atoms. The molecule has 7 nitrogen and oxygen atoms in total. The van der Waals surface area contributed by atoms with Crippen molar-refractivity contribution in [1.82, 2.24) is 13.6 Å². The predicted octanol–water partition coefficient (Wildman–Crippen LogP) is 5.53. The number of fused-ring (bicyclic) bond motifs is 1. The van der Waals surface area contributed by atoms with Crippen molar-refractivity contribution in [3.8, 4) is 6.07 Å². The Hall–Kier alpha value is -3.25. The monoisotopic (exact) mass is 545 g/mol. The van der Waals surface area contributed by atoms with E-state index >= 15 is 0 Å². The van der Waals surface area contributed by atoms with Crippen LogP contribution in [0.1, 0.15) is 61.8 Å². The topological polar surface area (TPSA) is 80.5 Å². The van der Waals surface area contributed by atoms with Crippen LogP contribution in [0, 0.1) is 11.3 Å². The van der Waals surface area contributed by atoms with Gasteiger partial charge < -0.3 is 4.90 Å². The molecule has 0 saturated carbocycles. The lowest BCUT2D eigenvalue weighted by Gasteiger charge is -2.35. The van der Waals surface area contributed by atoms with E-state index in [0.29, 0.717) is 38.2 Å². The highest BCUT2D eigenvalue weighted by molar-refractivity contribution is 7.86. The molecule has 8 heteroatoms. The van der Waals surface area contributed by atoms with Gasteiger partial charge in [-0.05, 0) is 60.2 Å². The largest absolute Gasteiger partial charge is 0.365 e. The van der Waals surface area contributed by atoms with Crippen molar-refractivity contribution in [2.45, 2.75) is 65.1 Å². The number of nitrogens with zero attached hydrogens (tertiary/aromatic N) is 5. The third-order valence-electron chi connectivity index (χ3n) is 7.27. The van der Waals surface area contributed by atoms with E-state index in [4.69, 9.17) is 0 Å². The summed E-state index contributed by atoms with van der Waals surface area (Å²) in [5.74, 6) is 0. The molecule has 0 N–H and O–H groups in total. The SMILES string of the molecule is CCCCN(CCCC)S(=O)(=O)N1Cc2cc(C#N)ccc2N(Cc2cccnc2)CC1Cc1ccccc1. The zero-order chi connectivity index (χ0) is 27.7. The summed E-state index contributed by atoms with van der Waals surface area (Å²) in [5.41, 5.74) is 4.49. The fourth-order valence-corrected chi connectivity index (χ4v) is 7.01. The number of hydrogen-bond donors (Lipinski definition) is 0. The summed E-state index contributed by atoms with van der Waals surface area (Å²) in [5, 5.41) is 9.65. The molecule has 4 rings (SSSR count). The van der Waals surface area contributed by atoms with Crippen LogP contribution in [0.25, 0.3) is 0 Å². The van der Waals surface area contributed by atoms with Crippen molar-refractivity contribution in [3.63, 3.8) is 0 Å². The molecule has 1 atom stereocenters. The van der Waals surface area contributed by atoms with E-state index in [0.717, 1.165) is 48.1 Å². The van der Waals surface area contributed by atoms with Gasteiger partial charge in [-0.15, -0.1) is 0 Å². The molecule has 1 aliphatic heterocycles. The van der Waals surface area contributed by atoms with Crippen molar-refractivity contribution >= 4 is 15.9 Å². The first kappa shape index (κ1) is 28.8. The highest BCUT2D eigenvalue weighted by Gasteiger charge is 2.38. The number of nitriles is 1. The summed E-state index contributed by atoms with van der Waals surface area (Å²) in [6.45, 7) is 6.55. The number of unbranched alkanes of at least 4 members (excludes halogenated alkanes) is 2.